The Morgan fingerprint density at radius 1 is 1.64 bits per heavy atom. The molecule has 1 rings (SSSR count). The van der Waals surface area contributed by atoms with Crippen LogP contribution in [0.5, 0.6) is 0 Å². The monoisotopic (exact) mass is 234 g/mol. The minimum Gasteiger partial charge on any atom is -0.355 e. The first-order valence-corrected chi connectivity index (χ1v) is 7.13. The van der Waals surface area contributed by atoms with Crippen molar-refractivity contribution < 1.29 is 4.79 Å². The second-order valence-electron chi connectivity index (χ2n) is 3.49. The molecule has 0 saturated carbocycles. The molecule has 0 aromatic heterocycles. The molecular formula is C9H18N2OS2. The van der Waals surface area contributed by atoms with E-state index in [0.29, 0.717) is 6.54 Å². The Labute approximate surface area is 94.0 Å². The maximum absolute atomic E-state index is 11.6. The topological polar surface area (TPSA) is 55.1 Å². The summed E-state index contributed by atoms with van der Waals surface area (Å²) in [6.45, 7) is 2.66. The van der Waals surface area contributed by atoms with Gasteiger partial charge in [0.2, 0.25) is 5.91 Å². The zero-order valence-corrected chi connectivity index (χ0v) is 10.1. The van der Waals surface area contributed by atoms with Crippen molar-refractivity contribution in [1.82, 2.24) is 5.32 Å². The van der Waals surface area contributed by atoms with Gasteiger partial charge in [-0.3, -0.25) is 4.79 Å². The highest BCUT2D eigenvalue weighted by molar-refractivity contribution is 8.07. The van der Waals surface area contributed by atoms with Gasteiger partial charge in [-0.2, -0.15) is 11.8 Å². The molecule has 14 heavy (non-hydrogen) atoms. The average molecular weight is 234 g/mol. The van der Waals surface area contributed by atoms with Gasteiger partial charge >= 0.3 is 0 Å². The van der Waals surface area contributed by atoms with E-state index in [9.17, 15) is 4.79 Å². The highest BCUT2D eigenvalue weighted by Gasteiger charge is 2.21. The van der Waals surface area contributed by atoms with Crippen molar-refractivity contribution in [2.75, 3.05) is 23.8 Å². The minimum atomic E-state index is 0.154. The first kappa shape index (κ1) is 12.2. The van der Waals surface area contributed by atoms with Crippen LogP contribution in [0, 0.1) is 0 Å². The maximum Gasteiger partial charge on any atom is 0.233 e. The summed E-state index contributed by atoms with van der Waals surface area (Å²) in [6.07, 6.45) is 0.857. The minimum absolute atomic E-state index is 0.154. The summed E-state index contributed by atoms with van der Waals surface area (Å²) in [5, 5.41) is 3.09. The molecular weight excluding hydrogens is 216 g/mol. The molecule has 0 radical (unpaired) electrons. The normalized spacial score (nSPS) is 24.3. The molecule has 2 atom stereocenters. The van der Waals surface area contributed by atoms with E-state index in [1.54, 1.807) is 11.8 Å². The Morgan fingerprint density at radius 3 is 3.00 bits per heavy atom. The molecule has 1 aliphatic heterocycles. The number of carbonyl (C=O) groups is 1. The third kappa shape index (κ3) is 4.57. The number of hydrogen-bond donors (Lipinski definition) is 2. The van der Waals surface area contributed by atoms with Gasteiger partial charge in [0.15, 0.2) is 0 Å². The predicted octanol–water partition coefficient (Wildman–Crippen LogP) is 0.689. The number of nitrogens with one attached hydrogen (secondary N) is 1. The number of rotatable bonds is 4. The molecule has 0 spiro atoms. The van der Waals surface area contributed by atoms with Crippen molar-refractivity contribution in [2.24, 2.45) is 5.73 Å². The van der Waals surface area contributed by atoms with Crippen molar-refractivity contribution in [2.45, 2.75) is 24.6 Å². The average Bonchev–Trinajstić information content (AvgIpc) is 2.18. The third-order valence-electron chi connectivity index (χ3n) is 2.01. The van der Waals surface area contributed by atoms with Gasteiger partial charge in [-0.25, -0.2) is 0 Å². The Kier molecular flexibility index (Phi) is 5.74. The van der Waals surface area contributed by atoms with E-state index in [1.807, 2.05) is 18.7 Å². The Hall–Kier alpha value is 0.130. The van der Waals surface area contributed by atoms with Gasteiger partial charge in [0.05, 0.1) is 5.25 Å². The summed E-state index contributed by atoms with van der Waals surface area (Å²) >= 11 is 3.63. The van der Waals surface area contributed by atoms with E-state index >= 15 is 0 Å². The largest absolute Gasteiger partial charge is 0.355 e. The fourth-order valence-electron chi connectivity index (χ4n) is 1.18. The number of nitrogens with two attached hydrogens (primary N) is 1. The summed E-state index contributed by atoms with van der Waals surface area (Å²) in [7, 11) is 0. The quantitative estimate of drug-likeness (QED) is 0.751. The molecule has 2 unspecified atom stereocenters. The van der Waals surface area contributed by atoms with Crippen LogP contribution >= 0.6 is 23.5 Å². The first-order valence-electron chi connectivity index (χ1n) is 4.93. The SMILES string of the molecule is CC(N)CCNC(=O)C1CSCCS1. The maximum atomic E-state index is 11.6. The summed E-state index contributed by atoms with van der Waals surface area (Å²) in [6, 6.07) is 0.170. The molecule has 82 valence electrons. The van der Waals surface area contributed by atoms with Crippen LogP contribution in [0.1, 0.15) is 13.3 Å². The zero-order valence-electron chi connectivity index (χ0n) is 8.49. The van der Waals surface area contributed by atoms with Gasteiger partial charge in [-0.05, 0) is 13.3 Å². The van der Waals surface area contributed by atoms with Gasteiger partial charge in [0.1, 0.15) is 0 Å². The molecule has 0 aromatic rings. The van der Waals surface area contributed by atoms with Crippen LogP contribution in [0.4, 0.5) is 0 Å². The zero-order chi connectivity index (χ0) is 10.4. The lowest BCUT2D eigenvalue weighted by molar-refractivity contribution is -0.120. The molecule has 0 bridgehead atoms. The van der Waals surface area contributed by atoms with E-state index in [0.717, 1.165) is 17.9 Å². The summed E-state index contributed by atoms with van der Waals surface area (Å²) in [5.41, 5.74) is 5.60. The van der Waals surface area contributed by atoms with Gasteiger partial charge in [-0.15, -0.1) is 11.8 Å². The van der Waals surface area contributed by atoms with Crippen LogP contribution < -0.4 is 11.1 Å². The number of amides is 1. The lowest BCUT2D eigenvalue weighted by atomic mass is 10.2. The van der Waals surface area contributed by atoms with Crippen molar-refractivity contribution >= 4 is 29.4 Å². The number of thioether (sulfide) groups is 2. The first-order chi connectivity index (χ1) is 6.70. The third-order valence-corrected chi connectivity index (χ3v) is 4.76. The molecule has 0 aromatic carbocycles. The molecule has 1 heterocycles. The fraction of sp³-hybridized carbons (Fsp3) is 0.889. The molecule has 1 aliphatic rings. The van der Waals surface area contributed by atoms with E-state index in [2.05, 4.69) is 5.32 Å². The summed E-state index contributed by atoms with van der Waals surface area (Å²) in [4.78, 5) is 11.6. The van der Waals surface area contributed by atoms with E-state index in [4.69, 9.17) is 5.73 Å². The lowest BCUT2D eigenvalue weighted by Crippen LogP contribution is -2.37. The van der Waals surface area contributed by atoms with Crippen LogP contribution in [0.3, 0.4) is 0 Å². The molecule has 1 amide bonds. The smallest absolute Gasteiger partial charge is 0.233 e. The highest BCUT2D eigenvalue weighted by atomic mass is 32.2. The molecule has 1 saturated heterocycles. The Morgan fingerprint density at radius 2 is 2.43 bits per heavy atom. The van der Waals surface area contributed by atoms with Crippen molar-refractivity contribution in [1.29, 1.82) is 0 Å². The predicted molar refractivity (Wildman–Crippen MR) is 64.8 cm³/mol. The van der Waals surface area contributed by atoms with Crippen molar-refractivity contribution in [3.63, 3.8) is 0 Å². The van der Waals surface area contributed by atoms with Crippen molar-refractivity contribution in [3.05, 3.63) is 0 Å². The van der Waals surface area contributed by atoms with Crippen LogP contribution in [0.15, 0.2) is 0 Å². The molecule has 3 N–H and O–H groups in total. The van der Waals surface area contributed by atoms with Gasteiger partial charge in [0.25, 0.3) is 0 Å². The van der Waals surface area contributed by atoms with Crippen LogP contribution in [-0.4, -0.2) is 41.0 Å². The second-order valence-corrected chi connectivity index (χ2v) is 5.95. The Bertz CT molecular complexity index is 182. The van der Waals surface area contributed by atoms with Crippen molar-refractivity contribution in [3.8, 4) is 0 Å². The van der Waals surface area contributed by atoms with Crippen LogP contribution in [0.25, 0.3) is 0 Å². The van der Waals surface area contributed by atoms with E-state index < -0.39 is 0 Å². The van der Waals surface area contributed by atoms with E-state index in [1.165, 1.54) is 5.75 Å². The highest BCUT2D eigenvalue weighted by Crippen LogP contribution is 2.23. The molecule has 3 nitrogen and oxygen atoms in total. The molecule has 1 fully saturated rings. The van der Waals surface area contributed by atoms with Gasteiger partial charge < -0.3 is 11.1 Å². The number of hydrogen-bond acceptors (Lipinski definition) is 4. The van der Waals surface area contributed by atoms with Crippen LogP contribution in [-0.2, 0) is 4.79 Å². The Balaban J connectivity index is 2.13. The number of carbonyl (C=O) groups excluding carboxylic acids is 1. The summed E-state index contributed by atoms with van der Waals surface area (Å²) in [5.74, 6) is 3.40. The lowest BCUT2D eigenvalue weighted by Gasteiger charge is -2.20. The fourth-order valence-corrected chi connectivity index (χ4v) is 3.76. The van der Waals surface area contributed by atoms with E-state index in [-0.39, 0.29) is 17.2 Å². The van der Waals surface area contributed by atoms with Gasteiger partial charge in [-0.1, -0.05) is 0 Å². The molecule has 0 aliphatic carbocycles. The summed E-state index contributed by atoms with van der Waals surface area (Å²) < 4.78 is 0. The second kappa shape index (κ2) is 6.58. The van der Waals surface area contributed by atoms with Crippen LogP contribution in [0.2, 0.25) is 0 Å². The molecule has 5 heteroatoms. The standard InChI is InChI=1S/C9H18N2OS2/c1-7(10)2-3-11-9(12)8-6-13-4-5-14-8/h7-8H,2-6,10H2,1H3,(H,11,12). The van der Waals surface area contributed by atoms with Gasteiger partial charge in [0, 0.05) is 29.8 Å².